The van der Waals surface area contributed by atoms with Crippen LogP contribution in [0.3, 0.4) is 0 Å². The van der Waals surface area contributed by atoms with Crippen molar-refractivity contribution < 1.29 is 13.3 Å². The molecule has 1 unspecified atom stereocenters. The molecule has 0 aliphatic carbocycles. The smallest absolute Gasteiger partial charge is 0.293 e. The van der Waals surface area contributed by atoms with Gasteiger partial charge in [-0.05, 0) is 30.7 Å². The van der Waals surface area contributed by atoms with Gasteiger partial charge in [0, 0.05) is 24.9 Å². The highest BCUT2D eigenvalue weighted by atomic mass is 32.2. The molecule has 1 atom stereocenters. The van der Waals surface area contributed by atoms with E-state index in [2.05, 4.69) is 10.0 Å². The number of nitrogens with zero attached hydrogens (tertiary/aromatic N) is 1. The fraction of sp³-hybridized carbons (Fsp3) is 0.500. The maximum Gasteiger partial charge on any atom is 0.293 e. The largest absolute Gasteiger partial charge is 0.383 e. The standard InChI is InChI=1S/C12H17N3O4S2/c1-13-11-5-4-10(7-12(11)15(16)17)21(18,19)14-8-9-3-2-6-20-9/h4-5,7,9,13-14H,2-3,6,8H2,1H3. The third-order valence-electron chi connectivity index (χ3n) is 3.27. The second-order valence-electron chi connectivity index (χ2n) is 4.67. The van der Waals surface area contributed by atoms with Gasteiger partial charge in [0.2, 0.25) is 10.0 Å². The Balaban J connectivity index is 2.18. The van der Waals surface area contributed by atoms with E-state index < -0.39 is 14.9 Å². The number of hydrogen-bond donors (Lipinski definition) is 2. The molecule has 7 nitrogen and oxygen atoms in total. The number of nitro benzene ring substituents is 1. The zero-order valence-corrected chi connectivity index (χ0v) is 13.2. The quantitative estimate of drug-likeness (QED) is 0.609. The number of rotatable bonds is 6. The predicted molar refractivity (Wildman–Crippen MR) is 83.3 cm³/mol. The van der Waals surface area contributed by atoms with Crippen molar-refractivity contribution in [2.75, 3.05) is 24.7 Å². The molecular weight excluding hydrogens is 314 g/mol. The van der Waals surface area contributed by atoms with Crippen LogP contribution in [0, 0.1) is 10.1 Å². The molecule has 1 aromatic rings. The van der Waals surface area contributed by atoms with Crippen LogP contribution in [0.25, 0.3) is 0 Å². The second kappa shape index (κ2) is 6.63. The summed E-state index contributed by atoms with van der Waals surface area (Å²) < 4.78 is 26.9. The summed E-state index contributed by atoms with van der Waals surface area (Å²) in [6.07, 6.45) is 2.09. The molecular formula is C12H17N3O4S2. The first-order chi connectivity index (χ1) is 9.94. The Bertz CT molecular complexity index is 627. The molecule has 1 saturated heterocycles. The Morgan fingerprint density at radius 3 is 2.81 bits per heavy atom. The van der Waals surface area contributed by atoms with Crippen molar-refractivity contribution in [3.8, 4) is 0 Å². The predicted octanol–water partition coefficient (Wildman–Crippen LogP) is 1.81. The number of hydrogen-bond acceptors (Lipinski definition) is 6. The maximum absolute atomic E-state index is 12.2. The minimum Gasteiger partial charge on any atom is -0.383 e. The van der Waals surface area contributed by atoms with Gasteiger partial charge in [0.25, 0.3) is 5.69 Å². The maximum atomic E-state index is 12.2. The van der Waals surface area contributed by atoms with Gasteiger partial charge < -0.3 is 5.32 Å². The van der Waals surface area contributed by atoms with Gasteiger partial charge in [-0.3, -0.25) is 10.1 Å². The summed E-state index contributed by atoms with van der Waals surface area (Å²) in [6, 6.07) is 3.84. The number of thioether (sulfide) groups is 1. The topological polar surface area (TPSA) is 101 Å². The van der Waals surface area contributed by atoms with Crippen molar-refractivity contribution in [1.82, 2.24) is 4.72 Å². The molecule has 1 aromatic carbocycles. The zero-order chi connectivity index (χ0) is 15.5. The minimum absolute atomic E-state index is 0.0869. The van der Waals surface area contributed by atoms with E-state index >= 15 is 0 Å². The first-order valence-electron chi connectivity index (χ1n) is 6.51. The molecule has 9 heteroatoms. The van der Waals surface area contributed by atoms with Crippen molar-refractivity contribution in [2.24, 2.45) is 0 Å². The van der Waals surface area contributed by atoms with Crippen molar-refractivity contribution in [1.29, 1.82) is 0 Å². The van der Waals surface area contributed by atoms with E-state index in [0.29, 0.717) is 6.54 Å². The third kappa shape index (κ3) is 3.86. The summed E-state index contributed by atoms with van der Waals surface area (Å²) in [4.78, 5) is 10.3. The summed E-state index contributed by atoms with van der Waals surface area (Å²) in [5, 5.41) is 13.9. The lowest BCUT2D eigenvalue weighted by Gasteiger charge is -2.11. The Hall–Kier alpha value is -1.32. The highest BCUT2D eigenvalue weighted by molar-refractivity contribution is 8.00. The van der Waals surface area contributed by atoms with E-state index in [-0.39, 0.29) is 21.5 Å². The van der Waals surface area contributed by atoms with Crippen LogP contribution in [0.2, 0.25) is 0 Å². The second-order valence-corrected chi connectivity index (χ2v) is 7.85. The molecule has 0 spiro atoms. The molecule has 1 fully saturated rings. The van der Waals surface area contributed by atoms with Gasteiger partial charge in [-0.1, -0.05) is 0 Å². The number of sulfonamides is 1. The van der Waals surface area contributed by atoms with E-state index in [9.17, 15) is 18.5 Å². The summed E-state index contributed by atoms with van der Waals surface area (Å²) in [5.74, 6) is 1.05. The van der Waals surface area contributed by atoms with Crippen LogP contribution in [0.1, 0.15) is 12.8 Å². The highest BCUT2D eigenvalue weighted by Crippen LogP contribution is 2.28. The molecule has 0 aromatic heterocycles. The Kier molecular flexibility index (Phi) is 5.07. The number of nitrogens with one attached hydrogen (secondary N) is 2. The molecule has 21 heavy (non-hydrogen) atoms. The zero-order valence-electron chi connectivity index (χ0n) is 11.5. The lowest BCUT2D eigenvalue weighted by atomic mass is 10.2. The molecule has 0 bridgehead atoms. The summed E-state index contributed by atoms with van der Waals surface area (Å²) in [7, 11) is -2.18. The van der Waals surface area contributed by atoms with Gasteiger partial charge >= 0.3 is 0 Å². The lowest BCUT2D eigenvalue weighted by molar-refractivity contribution is -0.384. The molecule has 2 rings (SSSR count). The molecule has 1 aliphatic heterocycles. The van der Waals surface area contributed by atoms with E-state index in [0.717, 1.165) is 24.7 Å². The fourth-order valence-corrected chi connectivity index (χ4v) is 4.54. The van der Waals surface area contributed by atoms with E-state index in [1.807, 2.05) is 0 Å². The average Bonchev–Trinajstić information content (AvgIpc) is 2.97. The van der Waals surface area contributed by atoms with Crippen LogP contribution in [-0.2, 0) is 10.0 Å². The molecule has 0 radical (unpaired) electrons. The fourth-order valence-electron chi connectivity index (χ4n) is 2.13. The summed E-state index contributed by atoms with van der Waals surface area (Å²) >= 11 is 1.75. The molecule has 116 valence electrons. The first-order valence-corrected chi connectivity index (χ1v) is 9.04. The van der Waals surface area contributed by atoms with Gasteiger partial charge in [-0.25, -0.2) is 13.1 Å². The number of benzene rings is 1. The van der Waals surface area contributed by atoms with Crippen LogP contribution in [0.5, 0.6) is 0 Å². The van der Waals surface area contributed by atoms with Crippen molar-refractivity contribution in [3.63, 3.8) is 0 Å². The molecule has 2 N–H and O–H groups in total. The van der Waals surface area contributed by atoms with E-state index in [1.165, 1.54) is 12.1 Å². The SMILES string of the molecule is CNc1ccc(S(=O)(=O)NCC2CCCS2)cc1[N+](=O)[O-]. The van der Waals surface area contributed by atoms with Crippen molar-refractivity contribution in [2.45, 2.75) is 23.0 Å². The summed E-state index contributed by atoms with van der Waals surface area (Å²) in [5.41, 5.74) is 0.0286. The first kappa shape index (κ1) is 16.1. The van der Waals surface area contributed by atoms with Crippen LogP contribution >= 0.6 is 11.8 Å². The van der Waals surface area contributed by atoms with Crippen LogP contribution in [0.15, 0.2) is 23.1 Å². The Labute approximate surface area is 127 Å². The minimum atomic E-state index is -3.72. The van der Waals surface area contributed by atoms with E-state index in [4.69, 9.17) is 0 Å². The normalized spacial score (nSPS) is 18.6. The number of anilines is 1. The van der Waals surface area contributed by atoms with Crippen LogP contribution < -0.4 is 10.0 Å². The average molecular weight is 331 g/mol. The van der Waals surface area contributed by atoms with Gasteiger partial charge in [0.1, 0.15) is 5.69 Å². The monoisotopic (exact) mass is 331 g/mol. The number of nitro groups is 1. The summed E-state index contributed by atoms with van der Waals surface area (Å²) in [6.45, 7) is 0.356. The van der Waals surface area contributed by atoms with Gasteiger partial charge in [-0.2, -0.15) is 11.8 Å². The lowest BCUT2D eigenvalue weighted by Crippen LogP contribution is -2.29. The molecule has 0 amide bonds. The van der Waals surface area contributed by atoms with Gasteiger partial charge in [0.15, 0.2) is 0 Å². The molecule has 1 aliphatic rings. The van der Waals surface area contributed by atoms with Gasteiger partial charge in [-0.15, -0.1) is 0 Å². The van der Waals surface area contributed by atoms with Gasteiger partial charge in [0.05, 0.1) is 9.82 Å². The Morgan fingerprint density at radius 1 is 1.48 bits per heavy atom. The van der Waals surface area contributed by atoms with Crippen LogP contribution in [0.4, 0.5) is 11.4 Å². The van der Waals surface area contributed by atoms with Crippen LogP contribution in [-0.4, -0.2) is 37.9 Å². The molecule has 1 heterocycles. The third-order valence-corrected chi connectivity index (χ3v) is 6.09. The highest BCUT2D eigenvalue weighted by Gasteiger charge is 2.23. The Morgan fingerprint density at radius 2 is 2.24 bits per heavy atom. The van der Waals surface area contributed by atoms with E-state index in [1.54, 1.807) is 18.8 Å². The molecule has 0 saturated carbocycles. The van der Waals surface area contributed by atoms with Crippen molar-refractivity contribution in [3.05, 3.63) is 28.3 Å². The van der Waals surface area contributed by atoms with Crippen molar-refractivity contribution >= 4 is 33.2 Å².